The number of aliphatic hydroxyl groups excluding tert-OH is 8. The van der Waals surface area contributed by atoms with Crippen LogP contribution in [0.1, 0.15) is 0 Å². The van der Waals surface area contributed by atoms with Crippen LogP contribution in [0.5, 0.6) is 0 Å². The second-order valence-electron chi connectivity index (χ2n) is 6.91. The lowest BCUT2D eigenvalue weighted by atomic mass is 9.80. The minimum atomic E-state index is -1.82. The molecule has 0 spiro atoms. The molecule has 2 saturated heterocycles. The molecule has 0 aromatic carbocycles. The van der Waals surface area contributed by atoms with Gasteiger partial charge in [-0.15, -0.1) is 11.8 Å². The van der Waals surface area contributed by atoms with Crippen LogP contribution in [0, 0.1) is 5.92 Å². The number of carbonyl (C=O) groups is 1. The SMILES string of the molecule is O=C(O)[C@@H]1CS[C@H]([C@H](O)[C@H](O)[C@H]([C@@H]2O[C@H](CO)[C@@H](O)[C@H](O)[C@H]2O)[C@@H](O)CO)N1. The van der Waals surface area contributed by atoms with E-state index in [9.17, 15) is 45.6 Å². The molecule has 164 valence electrons. The lowest BCUT2D eigenvalue weighted by Crippen LogP contribution is -2.64. The lowest BCUT2D eigenvalue weighted by molar-refractivity contribution is -0.261. The molecule has 0 aromatic rings. The van der Waals surface area contributed by atoms with Crippen molar-refractivity contribution in [2.24, 2.45) is 5.92 Å². The first-order chi connectivity index (χ1) is 13.1. The summed E-state index contributed by atoms with van der Waals surface area (Å²) in [5.74, 6) is -2.55. The van der Waals surface area contributed by atoms with Crippen molar-refractivity contribution in [1.82, 2.24) is 5.32 Å². The van der Waals surface area contributed by atoms with Crippen molar-refractivity contribution in [2.45, 2.75) is 60.2 Å². The molecule has 2 fully saturated rings. The van der Waals surface area contributed by atoms with E-state index in [1.165, 1.54) is 0 Å². The van der Waals surface area contributed by atoms with E-state index in [0.29, 0.717) is 0 Å². The van der Waals surface area contributed by atoms with Crippen molar-refractivity contribution in [2.75, 3.05) is 19.0 Å². The summed E-state index contributed by atoms with van der Waals surface area (Å²) in [5.41, 5.74) is 0. The molecule has 0 amide bonds. The number of aliphatic hydroxyl groups is 8. The van der Waals surface area contributed by atoms with Crippen molar-refractivity contribution >= 4 is 17.7 Å². The van der Waals surface area contributed by atoms with Gasteiger partial charge < -0.3 is 50.7 Å². The fourth-order valence-electron chi connectivity index (χ4n) is 3.45. The van der Waals surface area contributed by atoms with Crippen LogP contribution >= 0.6 is 11.8 Å². The molecule has 0 aromatic heterocycles. The number of hydrogen-bond acceptors (Lipinski definition) is 12. The van der Waals surface area contributed by atoms with Crippen LogP contribution < -0.4 is 5.32 Å². The zero-order valence-electron chi connectivity index (χ0n) is 14.7. The first-order valence-electron chi connectivity index (χ1n) is 8.70. The molecule has 2 aliphatic rings. The van der Waals surface area contributed by atoms with Crippen molar-refractivity contribution < 1.29 is 55.5 Å². The summed E-state index contributed by atoms with van der Waals surface area (Å²) in [6.45, 7) is -1.62. The Hall–Kier alpha value is -0.580. The largest absolute Gasteiger partial charge is 0.480 e. The summed E-state index contributed by atoms with van der Waals surface area (Å²) >= 11 is 1.03. The molecule has 0 saturated carbocycles. The van der Waals surface area contributed by atoms with E-state index in [-0.39, 0.29) is 5.75 Å². The summed E-state index contributed by atoms with van der Waals surface area (Å²) in [4.78, 5) is 11.0. The maximum Gasteiger partial charge on any atom is 0.321 e. The van der Waals surface area contributed by atoms with Gasteiger partial charge in [-0.3, -0.25) is 10.1 Å². The molecule has 2 rings (SSSR count). The van der Waals surface area contributed by atoms with Crippen LogP contribution in [-0.4, -0.2) is 131 Å². The van der Waals surface area contributed by atoms with Crippen LogP contribution in [0.2, 0.25) is 0 Å². The van der Waals surface area contributed by atoms with Gasteiger partial charge in [-0.05, 0) is 0 Å². The van der Waals surface area contributed by atoms with Gasteiger partial charge in [0.05, 0.1) is 36.9 Å². The molecule has 12 nitrogen and oxygen atoms in total. The average molecular weight is 429 g/mol. The van der Waals surface area contributed by atoms with Gasteiger partial charge in [0.15, 0.2) is 0 Å². The second kappa shape index (κ2) is 9.95. The number of rotatable bonds is 8. The molecule has 2 aliphatic heterocycles. The number of aliphatic carboxylic acids is 1. The zero-order chi connectivity index (χ0) is 21.2. The van der Waals surface area contributed by atoms with E-state index in [1.807, 2.05) is 0 Å². The zero-order valence-corrected chi connectivity index (χ0v) is 15.5. The van der Waals surface area contributed by atoms with Gasteiger partial charge in [0.25, 0.3) is 0 Å². The van der Waals surface area contributed by atoms with E-state index in [1.54, 1.807) is 0 Å². The minimum absolute atomic E-state index is 0.122. The quantitative estimate of drug-likeness (QED) is 0.174. The number of ether oxygens (including phenoxy) is 1. The molecule has 28 heavy (non-hydrogen) atoms. The Balaban J connectivity index is 2.21. The fraction of sp³-hybridized carbons (Fsp3) is 0.933. The van der Waals surface area contributed by atoms with Gasteiger partial charge >= 0.3 is 5.97 Å². The molecule has 0 bridgehead atoms. The van der Waals surface area contributed by atoms with E-state index in [2.05, 4.69) is 5.32 Å². The van der Waals surface area contributed by atoms with Gasteiger partial charge in [0.2, 0.25) is 0 Å². The highest BCUT2D eigenvalue weighted by Gasteiger charge is 2.52. The maximum atomic E-state index is 11.0. The van der Waals surface area contributed by atoms with Crippen LogP contribution in [-0.2, 0) is 9.53 Å². The molecule has 10 N–H and O–H groups in total. The maximum absolute atomic E-state index is 11.0. The standard InChI is InChI=1S/C15H27NO11S/c17-1-5(19)7(13-11(23)10(22)8(20)6(2-18)27-13)9(21)12(24)14-16-4(3-28-14)15(25)26/h4-14,16-24H,1-3H2,(H,25,26)/t4-,5-,6+,7+,8+,9+,10-,11+,12+,13-,14+/m0/s1. The topological polar surface area (TPSA) is 220 Å². The third-order valence-corrected chi connectivity index (χ3v) is 6.40. The third-order valence-electron chi connectivity index (χ3n) is 5.10. The smallest absolute Gasteiger partial charge is 0.321 e. The fourth-order valence-corrected chi connectivity index (χ4v) is 4.71. The summed E-state index contributed by atoms with van der Waals surface area (Å²) in [7, 11) is 0. The van der Waals surface area contributed by atoms with Crippen LogP contribution in [0.4, 0.5) is 0 Å². The van der Waals surface area contributed by atoms with Gasteiger partial charge in [0.1, 0.15) is 36.6 Å². The molecule has 13 heteroatoms. The van der Waals surface area contributed by atoms with Crippen LogP contribution in [0.15, 0.2) is 0 Å². The van der Waals surface area contributed by atoms with Gasteiger partial charge in [0, 0.05) is 11.7 Å². The highest BCUT2D eigenvalue weighted by molar-refractivity contribution is 8.00. The Bertz CT molecular complexity index is 526. The number of carboxylic acid groups (broad SMARTS) is 1. The van der Waals surface area contributed by atoms with Crippen LogP contribution in [0.3, 0.4) is 0 Å². The summed E-state index contributed by atoms with van der Waals surface area (Å²) in [6, 6.07) is -0.953. The van der Waals surface area contributed by atoms with E-state index >= 15 is 0 Å². The first-order valence-corrected chi connectivity index (χ1v) is 9.74. The first kappa shape index (κ1) is 23.7. The normalized spacial score (nSPS) is 40.6. The number of nitrogens with one attached hydrogen (secondary N) is 1. The highest BCUT2D eigenvalue weighted by atomic mass is 32.2. The van der Waals surface area contributed by atoms with Crippen molar-refractivity contribution in [3.05, 3.63) is 0 Å². The Morgan fingerprint density at radius 2 is 1.75 bits per heavy atom. The molecule has 0 aliphatic carbocycles. The van der Waals surface area contributed by atoms with Crippen molar-refractivity contribution in [3.63, 3.8) is 0 Å². The predicted octanol–water partition coefficient (Wildman–Crippen LogP) is -5.36. The molecular weight excluding hydrogens is 402 g/mol. The van der Waals surface area contributed by atoms with Crippen molar-refractivity contribution in [1.29, 1.82) is 0 Å². The number of carboxylic acids is 1. The Morgan fingerprint density at radius 1 is 1.11 bits per heavy atom. The van der Waals surface area contributed by atoms with Gasteiger partial charge in [-0.2, -0.15) is 0 Å². The third kappa shape index (κ3) is 4.76. The molecule has 0 unspecified atom stereocenters. The highest BCUT2D eigenvalue weighted by Crippen LogP contribution is 2.33. The second-order valence-corrected chi connectivity index (χ2v) is 8.09. The molecule has 2 heterocycles. The Morgan fingerprint density at radius 3 is 2.25 bits per heavy atom. The summed E-state index contributed by atoms with van der Waals surface area (Å²) in [6.07, 6.45) is -13.2. The van der Waals surface area contributed by atoms with Gasteiger partial charge in [-0.25, -0.2) is 0 Å². The van der Waals surface area contributed by atoms with Crippen LogP contribution in [0.25, 0.3) is 0 Å². The predicted molar refractivity (Wildman–Crippen MR) is 93.2 cm³/mol. The van der Waals surface area contributed by atoms with E-state index in [4.69, 9.17) is 9.84 Å². The van der Waals surface area contributed by atoms with Crippen molar-refractivity contribution in [3.8, 4) is 0 Å². The Labute approximate surface area is 164 Å². The van der Waals surface area contributed by atoms with E-state index in [0.717, 1.165) is 11.8 Å². The lowest BCUT2D eigenvalue weighted by Gasteiger charge is -2.46. The average Bonchev–Trinajstić information content (AvgIpc) is 3.17. The van der Waals surface area contributed by atoms with Gasteiger partial charge in [-0.1, -0.05) is 0 Å². The monoisotopic (exact) mass is 429 g/mol. The van der Waals surface area contributed by atoms with E-state index < -0.39 is 85.3 Å². The summed E-state index contributed by atoms with van der Waals surface area (Å²) < 4.78 is 5.34. The Kier molecular flexibility index (Phi) is 8.42. The molecular formula is C15H27NO11S. The molecule has 11 atom stereocenters. The minimum Gasteiger partial charge on any atom is -0.480 e. The molecule has 0 radical (unpaired) electrons. The number of hydrogen-bond donors (Lipinski definition) is 10. The number of thioether (sulfide) groups is 1. The summed E-state index contributed by atoms with van der Waals surface area (Å²) in [5, 5.41) is 90.6.